The second-order valence-corrected chi connectivity index (χ2v) is 6.08. The van der Waals surface area contributed by atoms with Crippen molar-refractivity contribution in [1.82, 2.24) is 19.8 Å². The van der Waals surface area contributed by atoms with Gasteiger partial charge in [0, 0.05) is 63.8 Å². The lowest BCUT2D eigenvalue weighted by molar-refractivity contribution is -0.147. The monoisotopic (exact) mass is 347 g/mol. The lowest BCUT2D eigenvalue weighted by Crippen LogP contribution is -2.45. The van der Waals surface area contributed by atoms with Gasteiger partial charge in [0.1, 0.15) is 0 Å². The first-order chi connectivity index (χ1) is 11.4. The van der Waals surface area contributed by atoms with Crippen LogP contribution in [-0.4, -0.2) is 84.0 Å². The van der Waals surface area contributed by atoms with Gasteiger partial charge in [-0.2, -0.15) is 13.2 Å². The normalized spacial score (nSPS) is 16.8. The maximum Gasteiger partial charge on any atom is 0.401 e. The number of nitrogens with zero attached hydrogens (tertiary/aromatic N) is 5. The Bertz CT molecular complexity index is 489. The number of aromatic nitrogens is 2. The quantitative estimate of drug-likeness (QED) is 0.793. The molecule has 136 valence electrons. The third-order valence-electron chi connectivity index (χ3n) is 3.92. The number of piperazine rings is 1. The fourth-order valence-electron chi connectivity index (χ4n) is 2.62. The number of hydrogen-bond acceptors (Lipinski definition) is 6. The van der Waals surface area contributed by atoms with Gasteiger partial charge in [-0.25, -0.2) is 9.97 Å². The molecular weight excluding hydrogens is 323 g/mol. The number of aliphatic hydroxyl groups excluding tert-OH is 1. The highest BCUT2D eigenvalue weighted by molar-refractivity contribution is 5.30. The van der Waals surface area contributed by atoms with Gasteiger partial charge < -0.3 is 14.9 Å². The minimum absolute atomic E-state index is 0.114. The van der Waals surface area contributed by atoms with E-state index in [0.29, 0.717) is 17.9 Å². The lowest BCUT2D eigenvalue weighted by atomic mass is 10.3. The van der Waals surface area contributed by atoms with E-state index in [9.17, 15) is 13.2 Å². The fraction of sp³-hybridized carbons (Fsp3) is 0.733. The highest BCUT2D eigenvalue weighted by Crippen LogP contribution is 2.18. The van der Waals surface area contributed by atoms with Crippen LogP contribution in [0.1, 0.15) is 12.0 Å². The van der Waals surface area contributed by atoms with Crippen molar-refractivity contribution >= 4 is 5.95 Å². The molecule has 0 amide bonds. The minimum Gasteiger partial charge on any atom is -0.396 e. The minimum atomic E-state index is -4.27. The molecule has 0 bridgehead atoms. The SMILES string of the molecule is CN1CCN(c2ncc(CN(CCCO)CC(F)(F)F)cn2)CC1. The average Bonchev–Trinajstić information content (AvgIpc) is 2.53. The van der Waals surface area contributed by atoms with E-state index >= 15 is 0 Å². The summed E-state index contributed by atoms with van der Waals surface area (Å²) in [4.78, 5) is 14.1. The van der Waals surface area contributed by atoms with Crippen LogP contribution in [0.15, 0.2) is 12.4 Å². The Hall–Kier alpha value is -1.45. The number of anilines is 1. The molecule has 1 N–H and O–H groups in total. The molecule has 6 nitrogen and oxygen atoms in total. The van der Waals surface area contributed by atoms with E-state index in [0.717, 1.165) is 26.2 Å². The molecule has 2 rings (SSSR count). The Morgan fingerprint density at radius 3 is 2.33 bits per heavy atom. The molecule has 0 radical (unpaired) electrons. The highest BCUT2D eigenvalue weighted by atomic mass is 19.4. The maximum absolute atomic E-state index is 12.6. The fourth-order valence-corrected chi connectivity index (χ4v) is 2.62. The van der Waals surface area contributed by atoms with Crippen molar-refractivity contribution in [1.29, 1.82) is 0 Å². The topological polar surface area (TPSA) is 55.7 Å². The van der Waals surface area contributed by atoms with Crippen LogP contribution in [0.5, 0.6) is 0 Å². The van der Waals surface area contributed by atoms with Crippen LogP contribution in [0.4, 0.5) is 19.1 Å². The van der Waals surface area contributed by atoms with Gasteiger partial charge in [-0.05, 0) is 13.5 Å². The standard InChI is InChI=1S/C15H24F3N5O/c1-21-4-6-23(7-5-21)14-19-9-13(10-20-14)11-22(3-2-8-24)12-15(16,17)18/h9-10,24H,2-8,11-12H2,1H3. The molecule has 1 saturated heterocycles. The van der Waals surface area contributed by atoms with Crippen LogP contribution in [0.25, 0.3) is 0 Å². The molecule has 1 aromatic heterocycles. The van der Waals surface area contributed by atoms with Gasteiger partial charge >= 0.3 is 6.18 Å². The van der Waals surface area contributed by atoms with Crippen molar-refractivity contribution in [2.45, 2.75) is 19.1 Å². The highest BCUT2D eigenvalue weighted by Gasteiger charge is 2.30. The van der Waals surface area contributed by atoms with Crippen LogP contribution in [0.2, 0.25) is 0 Å². The van der Waals surface area contributed by atoms with E-state index in [1.54, 1.807) is 12.4 Å². The molecule has 24 heavy (non-hydrogen) atoms. The zero-order chi connectivity index (χ0) is 17.6. The molecule has 1 aliphatic heterocycles. The molecular formula is C15H24F3N5O. The van der Waals surface area contributed by atoms with Crippen molar-refractivity contribution < 1.29 is 18.3 Å². The predicted molar refractivity (Wildman–Crippen MR) is 84.8 cm³/mol. The Morgan fingerprint density at radius 1 is 1.17 bits per heavy atom. The molecule has 1 fully saturated rings. The summed E-state index contributed by atoms with van der Waals surface area (Å²) >= 11 is 0. The summed E-state index contributed by atoms with van der Waals surface area (Å²) in [6, 6.07) is 0. The molecule has 0 aliphatic carbocycles. The lowest BCUT2D eigenvalue weighted by Gasteiger charge is -2.32. The van der Waals surface area contributed by atoms with Gasteiger partial charge in [-0.15, -0.1) is 0 Å². The van der Waals surface area contributed by atoms with Gasteiger partial charge in [0.15, 0.2) is 0 Å². The Kier molecular flexibility index (Phi) is 6.76. The predicted octanol–water partition coefficient (Wildman–Crippen LogP) is 0.975. The summed E-state index contributed by atoms with van der Waals surface area (Å²) in [5, 5.41) is 8.84. The Balaban J connectivity index is 1.95. The van der Waals surface area contributed by atoms with E-state index in [2.05, 4.69) is 26.8 Å². The summed E-state index contributed by atoms with van der Waals surface area (Å²) in [6.07, 6.45) is -0.793. The third kappa shape index (κ3) is 6.21. The van der Waals surface area contributed by atoms with Crippen LogP contribution >= 0.6 is 0 Å². The Morgan fingerprint density at radius 2 is 1.79 bits per heavy atom. The number of hydrogen-bond donors (Lipinski definition) is 1. The summed E-state index contributed by atoms with van der Waals surface area (Å²) in [5.74, 6) is 0.615. The molecule has 0 spiro atoms. The second kappa shape index (κ2) is 8.59. The van der Waals surface area contributed by atoms with Crippen molar-refractivity contribution in [3.05, 3.63) is 18.0 Å². The zero-order valence-electron chi connectivity index (χ0n) is 13.8. The van der Waals surface area contributed by atoms with E-state index in [4.69, 9.17) is 5.11 Å². The first-order valence-electron chi connectivity index (χ1n) is 8.02. The van der Waals surface area contributed by atoms with E-state index in [1.165, 1.54) is 4.90 Å². The summed E-state index contributed by atoms with van der Waals surface area (Å²) in [5.41, 5.74) is 0.634. The average molecular weight is 347 g/mol. The number of likely N-dealkylation sites (N-methyl/N-ethyl adjacent to an activating group) is 1. The number of halogens is 3. The van der Waals surface area contributed by atoms with Gasteiger partial charge in [0.05, 0.1) is 6.54 Å². The first kappa shape index (κ1) is 18.9. The number of rotatable bonds is 7. The molecule has 0 unspecified atom stereocenters. The van der Waals surface area contributed by atoms with Gasteiger partial charge in [0.2, 0.25) is 5.95 Å². The van der Waals surface area contributed by atoms with Crippen LogP contribution in [0, 0.1) is 0 Å². The van der Waals surface area contributed by atoms with E-state index < -0.39 is 12.7 Å². The summed E-state index contributed by atoms with van der Waals surface area (Å²) in [7, 11) is 2.06. The molecule has 0 atom stereocenters. The molecule has 1 aromatic rings. The van der Waals surface area contributed by atoms with Crippen molar-refractivity contribution in [2.75, 3.05) is 57.8 Å². The van der Waals surface area contributed by atoms with E-state index in [-0.39, 0.29) is 19.7 Å². The molecule has 1 aliphatic rings. The second-order valence-electron chi connectivity index (χ2n) is 6.08. The van der Waals surface area contributed by atoms with Crippen molar-refractivity contribution in [3.63, 3.8) is 0 Å². The van der Waals surface area contributed by atoms with Gasteiger partial charge in [0.25, 0.3) is 0 Å². The van der Waals surface area contributed by atoms with Gasteiger partial charge in [-0.3, -0.25) is 4.90 Å². The summed E-state index contributed by atoms with van der Waals surface area (Å²) < 4.78 is 37.9. The molecule has 9 heteroatoms. The van der Waals surface area contributed by atoms with Crippen LogP contribution in [0.3, 0.4) is 0 Å². The van der Waals surface area contributed by atoms with Crippen LogP contribution in [-0.2, 0) is 6.54 Å². The third-order valence-corrected chi connectivity index (χ3v) is 3.92. The largest absolute Gasteiger partial charge is 0.401 e. The summed E-state index contributed by atoms with van der Waals surface area (Å²) in [6.45, 7) is 2.70. The smallest absolute Gasteiger partial charge is 0.396 e. The maximum atomic E-state index is 12.6. The van der Waals surface area contributed by atoms with Crippen LogP contribution < -0.4 is 4.90 Å². The molecule has 0 aromatic carbocycles. The molecule has 2 heterocycles. The number of aliphatic hydroxyl groups is 1. The number of alkyl halides is 3. The molecule has 0 saturated carbocycles. The van der Waals surface area contributed by atoms with Crippen molar-refractivity contribution in [3.8, 4) is 0 Å². The zero-order valence-corrected chi connectivity index (χ0v) is 13.8. The van der Waals surface area contributed by atoms with Crippen molar-refractivity contribution in [2.24, 2.45) is 0 Å². The first-order valence-corrected chi connectivity index (χ1v) is 8.02. The van der Waals surface area contributed by atoms with Gasteiger partial charge in [-0.1, -0.05) is 0 Å². The van der Waals surface area contributed by atoms with E-state index in [1.807, 2.05) is 0 Å². The Labute approximate surface area is 139 Å².